The number of fused-ring (bicyclic) bond motifs is 1. The van der Waals surface area contributed by atoms with Crippen molar-refractivity contribution >= 4 is 22.2 Å². The largest absolute Gasteiger partial charge is 0.347 e. The monoisotopic (exact) mass is 356 g/mol. The van der Waals surface area contributed by atoms with Gasteiger partial charge in [0, 0.05) is 25.5 Å². The molecule has 3 aromatic rings. The van der Waals surface area contributed by atoms with Crippen LogP contribution < -0.4 is 5.32 Å². The third kappa shape index (κ3) is 4.27. The topological polar surface area (TPSA) is 49.6 Å². The summed E-state index contributed by atoms with van der Waals surface area (Å²) in [4.78, 5) is 20.6. The molecule has 0 unspecified atom stereocenters. The van der Waals surface area contributed by atoms with Gasteiger partial charge in [-0.25, -0.2) is 4.98 Å². The molecule has 25 heavy (non-hydrogen) atoms. The quantitative estimate of drug-likeness (QED) is 0.705. The molecule has 0 saturated carbocycles. The van der Waals surface area contributed by atoms with Crippen LogP contribution in [0.3, 0.4) is 0 Å². The van der Waals surface area contributed by atoms with Gasteiger partial charge in [0.15, 0.2) is 4.96 Å². The van der Waals surface area contributed by atoms with E-state index >= 15 is 0 Å². The molecule has 0 bridgehead atoms. The van der Waals surface area contributed by atoms with E-state index in [2.05, 4.69) is 53.3 Å². The third-order valence-corrected chi connectivity index (χ3v) is 5.27. The van der Waals surface area contributed by atoms with Crippen LogP contribution in [0.4, 0.5) is 0 Å². The molecule has 0 radical (unpaired) electrons. The number of rotatable bonds is 7. The SMILES string of the molecule is CCN(CC)Cc1ccc(CNC(=O)c2cn3cc(C)nc3s2)cc1. The first-order chi connectivity index (χ1) is 12.1. The van der Waals surface area contributed by atoms with Gasteiger partial charge in [0.25, 0.3) is 5.91 Å². The average Bonchev–Trinajstić information content (AvgIpc) is 3.16. The van der Waals surface area contributed by atoms with E-state index in [4.69, 9.17) is 0 Å². The summed E-state index contributed by atoms with van der Waals surface area (Å²) >= 11 is 1.41. The van der Waals surface area contributed by atoms with Crippen molar-refractivity contribution in [2.45, 2.75) is 33.9 Å². The first-order valence-electron chi connectivity index (χ1n) is 8.62. The van der Waals surface area contributed by atoms with Gasteiger partial charge in [-0.3, -0.25) is 14.1 Å². The zero-order valence-corrected chi connectivity index (χ0v) is 15.8. The summed E-state index contributed by atoms with van der Waals surface area (Å²) in [6.45, 7) is 9.91. The van der Waals surface area contributed by atoms with Gasteiger partial charge in [-0.05, 0) is 31.1 Å². The van der Waals surface area contributed by atoms with Gasteiger partial charge >= 0.3 is 0 Å². The van der Waals surface area contributed by atoms with Gasteiger partial charge in [0.1, 0.15) is 4.88 Å². The Labute approximate surface area is 152 Å². The Morgan fingerprint density at radius 2 is 1.84 bits per heavy atom. The molecule has 0 saturated heterocycles. The van der Waals surface area contributed by atoms with Crippen molar-refractivity contribution in [1.29, 1.82) is 0 Å². The Balaban J connectivity index is 1.57. The lowest BCUT2D eigenvalue weighted by Crippen LogP contribution is -2.23. The van der Waals surface area contributed by atoms with E-state index in [-0.39, 0.29) is 5.91 Å². The number of imidazole rings is 1. The molecule has 3 rings (SSSR count). The van der Waals surface area contributed by atoms with E-state index in [1.807, 2.05) is 23.7 Å². The lowest BCUT2D eigenvalue weighted by Gasteiger charge is -2.18. The first kappa shape index (κ1) is 17.6. The van der Waals surface area contributed by atoms with E-state index in [0.717, 1.165) is 35.9 Å². The molecule has 0 aliphatic carbocycles. The maximum atomic E-state index is 12.3. The number of carbonyl (C=O) groups excluding carboxylic acids is 1. The fourth-order valence-electron chi connectivity index (χ4n) is 2.76. The van der Waals surface area contributed by atoms with Crippen LogP contribution in [-0.2, 0) is 13.1 Å². The van der Waals surface area contributed by atoms with Crippen LogP contribution in [0, 0.1) is 6.92 Å². The summed E-state index contributed by atoms with van der Waals surface area (Å²) in [5, 5.41) is 2.98. The maximum Gasteiger partial charge on any atom is 0.263 e. The molecule has 132 valence electrons. The molecule has 0 spiro atoms. The highest BCUT2D eigenvalue weighted by molar-refractivity contribution is 7.18. The number of aryl methyl sites for hydroxylation is 1. The Bertz CT molecular complexity index is 815. The number of aromatic nitrogens is 2. The lowest BCUT2D eigenvalue weighted by molar-refractivity contribution is 0.0954. The Morgan fingerprint density at radius 3 is 2.48 bits per heavy atom. The van der Waals surface area contributed by atoms with Gasteiger partial charge < -0.3 is 5.32 Å². The van der Waals surface area contributed by atoms with Gasteiger partial charge in [0.05, 0.1) is 5.69 Å². The fourth-order valence-corrected chi connectivity index (χ4v) is 3.68. The van der Waals surface area contributed by atoms with E-state index < -0.39 is 0 Å². The van der Waals surface area contributed by atoms with Crippen LogP contribution in [0.1, 0.15) is 40.3 Å². The highest BCUT2D eigenvalue weighted by atomic mass is 32.1. The van der Waals surface area contributed by atoms with Crippen LogP contribution in [-0.4, -0.2) is 33.3 Å². The summed E-state index contributed by atoms with van der Waals surface area (Å²) in [5.41, 5.74) is 3.37. The maximum absolute atomic E-state index is 12.3. The van der Waals surface area contributed by atoms with Crippen molar-refractivity contribution in [3.05, 3.63) is 58.4 Å². The molecule has 1 amide bonds. The van der Waals surface area contributed by atoms with Crippen LogP contribution in [0.25, 0.3) is 4.96 Å². The highest BCUT2D eigenvalue weighted by Crippen LogP contribution is 2.17. The number of benzene rings is 1. The zero-order valence-electron chi connectivity index (χ0n) is 15.0. The summed E-state index contributed by atoms with van der Waals surface area (Å²) in [5.74, 6) is -0.0552. The molecular formula is C19H24N4OS. The van der Waals surface area contributed by atoms with Crippen molar-refractivity contribution in [1.82, 2.24) is 19.6 Å². The van der Waals surface area contributed by atoms with E-state index in [1.54, 1.807) is 0 Å². The van der Waals surface area contributed by atoms with Crippen LogP contribution in [0.5, 0.6) is 0 Å². The number of hydrogen-bond donors (Lipinski definition) is 1. The molecule has 0 fully saturated rings. The normalized spacial score (nSPS) is 11.4. The Kier molecular flexibility index (Phi) is 5.50. The molecule has 0 aliphatic rings. The fraction of sp³-hybridized carbons (Fsp3) is 0.368. The predicted octanol–water partition coefficient (Wildman–Crippen LogP) is 3.48. The van der Waals surface area contributed by atoms with Crippen LogP contribution in [0.2, 0.25) is 0 Å². The number of nitrogens with one attached hydrogen (secondary N) is 1. The minimum absolute atomic E-state index is 0.0552. The predicted molar refractivity (Wildman–Crippen MR) is 102 cm³/mol. The van der Waals surface area contributed by atoms with Crippen molar-refractivity contribution in [2.75, 3.05) is 13.1 Å². The second kappa shape index (κ2) is 7.80. The van der Waals surface area contributed by atoms with E-state index in [0.29, 0.717) is 11.4 Å². The molecule has 2 heterocycles. The van der Waals surface area contributed by atoms with Crippen molar-refractivity contribution in [3.63, 3.8) is 0 Å². The van der Waals surface area contributed by atoms with Crippen LogP contribution in [0.15, 0.2) is 36.7 Å². The summed E-state index contributed by atoms with van der Waals surface area (Å²) < 4.78 is 1.90. The summed E-state index contributed by atoms with van der Waals surface area (Å²) in [7, 11) is 0. The number of hydrogen-bond acceptors (Lipinski definition) is 4. The standard InChI is InChI=1S/C19H24N4OS/c1-4-22(5-2)12-16-8-6-15(7-9-16)10-20-18(24)17-13-23-11-14(3)21-19(23)25-17/h6-9,11,13H,4-5,10,12H2,1-3H3,(H,20,24). The summed E-state index contributed by atoms with van der Waals surface area (Å²) in [6.07, 6.45) is 3.76. The molecule has 0 aliphatic heterocycles. The van der Waals surface area contributed by atoms with Gasteiger partial charge in [-0.15, -0.1) is 0 Å². The molecule has 6 heteroatoms. The zero-order chi connectivity index (χ0) is 17.8. The first-order valence-corrected chi connectivity index (χ1v) is 9.44. The van der Waals surface area contributed by atoms with Gasteiger partial charge in [0.2, 0.25) is 0 Å². The average molecular weight is 356 g/mol. The molecule has 1 N–H and O–H groups in total. The molecular weight excluding hydrogens is 332 g/mol. The van der Waals surface area contributed by atoms with Crippen molar-refractivity contribution < 1.29 is 4.79 Å². The second-order valence-corrected chi connectivity index (χ2v) is 7.14. The van der Waals surface area contributed by atoms with E-state index in [9.17, 15) is 4.79 Å². The molecule has 2 aromatic heterocycles. The highest BCUT2D eigenvalue weighted by Gasteiger charge is 2.11. The van der Waals surface area contributed by atoms with E-state index in [1.165, 1.54) is 16.9 Å². The number of nitrogens with zero attached hydrogens (tertiary/aromatic N) is 3. The number of thiazole rings is 1. The number of carbonyl (C=O) groups is 1. The van der Waals surface area contributed by atoms with Crippen molar-refractivity contribution in [2.24, 2.45) is 0 Å². The minimum Gasteiger partial charge on any atom is -0.347 e. The van der Waals surface area contributed by atoms with Gasteiger partial charge in [-0.1, -0.05) is 49.4 Å². The van der Waals surface area contributed by atoms with Gasteiger partial charge in [-0.2, -0.15) is 0 Å². The number of amides is 1. The van der Waals surface area contributed by atoms with Crippen molar-refractivity contribution in [3.8, 4) is 0 Å². The smallest absolute Gasteiger partial charge is 0.263 e. The third-order valence-electron chi connectivity index (χ3n) is 4.28. The second-order valence-electron chi connectivity index (χ2n) is 6.13. The van der Waals surface area contributed by atoms with Crippen LogP contribution >= 0.6 is 11.3 Å². The minimum atomic E-state index is -0.0552. The summed E-state index contributed by atoms with van der Waals surface area (Å²) in [6, 6.07) is 8.46. The molecule has 0 atom stereocenters. The Morgan fingerprint density at radius 1 is 1.16 bits per heavy atom. The molecule has 5 nitrogen and oxygen atoms in total. The Hall–Kier alpha value is -2.18. The lowest BCUT2D eigenvalue weighted by atomic mass is 10.1. The molecule has 1 aromatic carbocycles.